The Kier molecular flexibility index (Phi) is 9.48. The molecule has 3 aromatic rings. The Morgan fingerprint density at radius 2 is 1.22 bits per heavy atom. The number of rotatable bonds is 4. The topological polar surface area (TPSA) is 211 Å². The van der Waals surface area contributed by atoms with Crippen molar-refractivity contribution in [3.8, 4) is 5.75 Å². The van der Waals surface area contributed by atoms with Crippen LogP contribution in [-0.2, 0) is 10.1 Å². The molecule has 11 nitrogen and oxygen atoms in total. The molecule has 12 heteroatoms. The second-order valence-corrected chi connectivity index (χ2v) is 6.93. The van der Waals surface area contributed by atoms with Crippen LogP contribution >= 0.6 is 0 Å². The molecule has 2 aromatic carbocycles. The fourth-order valence-corrected chi connectivity index (χ4v) is 2.38. The van der Waals surface area contributed by atoms with Gasteiger partial charge >= 0.3 is 5.97 Å². The van der Waals surface area contributed by atoms with E-state index in [0.717, 1.165) is 12.1 Å². The quantitative estimate of drug-likeness (QED) is 0.460. The van der Waals surface area contributed by atoms with Gasteiger partial charge in [-0.3, -0.25) is 0 Å². The van der Waals surface area contributed by atoms with Gasteiger partial charge in [-0.25, -0.2) is 18.2 Å². The zero-order valence-electron chi connectivity index (χ0n) is 15.9. The van der Waals surface area contributed by atoms with E-state index in [9.17, 15) is 42.7 Å². The third-order valence-electron chi connectivity index (χ3n) is 3.32. The predicted molar refractivity (Wildman–Crippen MR) is 100 cm³/mol. The zero-order valence-corrected chi connectivity index (χ0v) is 16.7. The van der Waals surface area contributed by atoms with E-state index in [4.69, 9.17) is 5.11 Å². The third-order valence-corrected chi connectivity index (χ3v) is 4.17. The summed E-state index contributed by atoms with van der Waals surface area (Å²) in [5.74, 6) is -4.66. The summed E-state index contributed by atoms with van der Waals surface area (Å²) < 4.78 is 30.8. The molecule has 3 rings (SSSR count). The van der Waals surface area contributed by atoms with Crippen LogP contribution in [0.1, 0.15) is 31.3 Å². The Bertz CT molecular complexity index is 1160. The Labute approximate surface area is 181 Å². The Morgan fingerprint density at radius 3 is 1.56 bits per heavy atom. The first-order chi connectivity index (χ1) is 14.9. The SMILES string of the molecule is O=C(O)c1ccccc1[O-].O=C([O-])c1cccc(C(=O)[O-])n1.O=S(=O)([O-])c1ccccc1. The van der Waals surface area contributed by atoms with Crippen molar-refractivity contribution in [1.29, 1.82) is 0 Å². The van der Waals surface area contributed by atoms with E-state index in [1.54, 1.807) is 6.07 Å². The molecule has 0 saturated heterocycles. The maximum atomic E-state index is 10.7. The van der Waals surface area contributed by atoms with Gasteiger partial charge < -0.3 is 34.6 Å². The fourth-order valence-electron chi connectivity index (χ4n) is 1.89. The minimum atomic E-state index is -4.25. The summed E-state index contributed by atoms with van der Waals surface area (Å²) >= 11 is 0. The molecule has 32 heavy (non-hydrogen) atoms. The summed E-state index contributed by atoms with van der Waals surface area (Å²) in [4.78, 5) is 33.7. The van der Waals surface area contributed by atoms with E-state index in [1.807, 2.05) is 0 Å². The number of carbonyl (C=O) groups is 3. The van der Waals surface area contributed by atoms with E-state index >= 15 is 0 Å². The standard InChI is InChI=1S/C7H5NO4.C7H6O3.C6H6O3S/c9-6(10)4-2-1-3-5(8-4)7(11)12;8-6-4-2-1-3-5(6)7(9)10;7-10(8,9)6-4-2-1-3-5-6/h1-3H,(H,9,10)(H,11,12);1-4,8H,(H,9,10);1-5H,(H,7,8,9)/p-4. The summed E-state index contributed by atoms with van der Waals surface area (Å²) in [5, 5.41) is 39.4. The van der Waals surface area contributed by atoms with Crippen LogP contribution in [0.4, 0.5) is 0 Å². The molecule has 1 heterocycles. The predicted octanol–water partition coefficient (Wildman–Crippen LogP) is -1.14. The fraction of sp³-hybridized carbons (Fsp3) is 0. The van der Waals surface area contributed by atoms with Crippen molar-refractivity contribution < 1.29 is 47.8 Å². The highest BCUT2D eigenvalue weighted by atomic mass is 32.2. The number of para-hydroxylation sites is 1. The average molecular weight is 459 g/mol. The molecule has 0 aliphatic carbocycles. The lowest BCUT2D eigenvalue weighted by atomic mass is 10.2. The molecule has 168 valence electrons. The summed E-state index contributed by atoms with van der Waals surface area (Å²) in [6.45, 7) is 0. The van der Waals surface area contributed by atoms with Crippen molar-refractivity contribution in [1.82, 2.24) is 4.98 Å². The second-order valence-electron chi connectivity index (χ2n) is 5.55. The molecule has 0 radical (unpaired) electrons. The largest absolute Gasteiger partial charge is 0.872 e. The van der Waals surface area contributed by atoms with E-state index in [0.29, 0.717) is 0 Å². The molecule has 0 amide bonds. The van der Waals surface area contributed by atoms with Crippen LogP contribution in [0.25, 0.3) is 0 Å². The monoisotopic (exact) mass is 459 g/mol. The zero-order chi connectivity index (χ0) is 24.3. The van der Waals surface area contributed by atoms with Crippen molar-refractivity contribution in [2.75, 3.05) is 0 Å². The summed E-state index contributed by atoms with van der Waals surface area (Å²) in [7, 11) is -4.25. The van der Waals surface area contributed by atoms with Gasteiger partial charge in [-0.2, -0.15) is 0 Å². The molecule has 0 spiro atoms. The first-order valence-electron chi connectivity index (χ1n) is 8.33. The molecular formula is C20H13NO10S-4. The summed E-state index contributed by atoms with van der Waals surface area (Å²) in [6.07, 6.45) is 0. The normalized spacial score (nSPS) is 9.91. The van der Waals surface area contributed by atoms with E-state index in [2.05, 4.69) is 4.98 Å². The van der Waals surface area contributed by atoms with Crippen molar-refractivity contribution in [2.45, 2.75) is 4.90 Å². The van der Waals surface area contributed by atoms with Gasteiger partial charge in [0, 0.05) is 0 Å². The van der Waals surface area contributed by atoms with E-state index < -0.39 is 45.2 Å². The molecule has 0 aliphatic rings. The van der Waals surface area contributed by atoms with E-state index in [1.165, 1.54) is 54.6 Å². The molecule has 1 aromatic heterocycles. The van der Waals surface area contributed by atoms with Gasteiger partial charge in [-0.1, -0.05) is 48.2 Å². The van der Waals surface area contributed by atoms with Crippen LogP contribution in [-0.4, -0.2) is 41.0 Å². The Hall–Kier alpha value is -4.29. The highest BCUT2D eigenvalue weighted by Crippen LogP contribution is 2.11. The average Bonchev–Trinajstić information content (AvgIpc) is 2.75. The minimum absolute atomic E-state index is 0.178. The minimum Gasteiger partial charge on any atom is -0.872 e. The van der Waals surface area contributed by atoms with Gasteiger partial charge in [-0.05, 0) is 30.3 Å². The number of carboxylic acids is 3. The third kappa shape index (κ3) is 8.61. The van der Waals surface area contributed by atoms with Crippen LogP contribution in [0.5, 0.6) is 5.75 Å². The number of aromatic carboxylic acids is 3. The van der Waals surface area contributed by atoms with Crippen molar-refractivity contribution >= 4 is 28.0 Å². The lowest BCUT2D eigenvalue weighted by Gasteiger charge is -2.07. The summed E-state index contributed by atoms with van der Waals surface area (Å²) in [6, 6.07) is 16.3. The van der Waals surface area contributed by atoms with Crippen LogP contribution in [0, 0.1) is 0 Å². The number of carbonyl (C=O) groups excluding carboxylic acids is 2. The highest BCUT2D eigenvalue weighted by Gasteiger charge is 2.00. The molecular weight excluding hydrogens is 446 g/mol. The maximum absolute atomic E-state index is 10.7. The van der Waals surface area contributed by atoms with Gasteiger partial charge in [0.1, 0.15) is 10.1 Å². The highest BCUT2D eigenvalue weighted by molar-refractivity contribution is 7.85. The number of nitrogens with zero attached hydrogens (tertiary/aromatic N) is 1. The molecule has 0 fully saturated rings. The lowest BCUT2D eigenvalue weighted by Crippen LogP contribution is -2.27. The van der Waals surface area contributed by atoms with Gasteiger partial charge in [0.05, 0.1) is 33.8 Å². The van der Waals surface area contributed by atoms with E-state index in [-0.39, 0.29) is 10.5 Å². The van der Waals surface area contributed by atoms with Crippen molar-refractivity contribution in [2.24, 2.45) is 0 Å². The molecule has 1 N–H and O–H groups in total. The Balaban J connectivity index is 0.000000241. The first kappa shape index (κ1) is 25.7. The van der Waals surface area contributed by atoms with Gasteiger partial charge in [0.2, 0.25) is 0 Å². The second kappa shape index (κ2) is 11.8. The number of carboxylic acid groups (broad SMARTS) is 3. The first-order valence-corrected chi connectivity index (χ1v) is 9.74. The molecule has 0 unspecified atom stereocenters. The van der Waals surface area contributed by atoms with Crippen LogP contribution in [0.15, 0.2) is 77.7 Å². The van der Waals surface area contributed by atoms with Gasteiger partial charge in [0.15, 0.2) is 0 Å². The number of hydrogen-bond donors (Lipinski definition) is 1. The lowest BCUT2D eigenvalue weighted by molar-refractivity contribution is -0.268. The van der Waals surface area contributed by atoms with Crippen LogP contribution < -0.4 is 15.3 Å². The molecule has 0 aliphatic heterocycles. The van der Waals surface area contributed by atoms with Gasteiger partial charge in [0.25, 0.3) is 0 Å². The summed E-state index contributed by atoms with van der Waals surface area (Å²) in [5.41, 5.74) is -1.02. The van der Waals surface area contributed by atoms with Crippen LogP contribution in [0.2, 0.25) is 0 Å². The van der Waals surface area contributed by atoms with Gasteiger partial charge in [-0.15, -0.1) is 0 Å². The number of aromatic nitrogens is 1. The molecule has 0 atom stereocenters. The number of hydrogen-bond acceptors (Lipinski definition) is 10. The van der Waals surface area contributed by atoms with Crippen molar-refractivity contribution in [3.63, 3.8) is 0 Å². The molecule has 0 saturated carbocycles. The Morgan fingerprint density at radius 1 is 0.750 bits per heavy atom. The number of pyridine rings is 1. The molecule has 0 bridgehead atoms. The smallest absolute Gasteiger partial charge is 0.335 e. The maximum Gasteiger partial charge on any atom is 0.335 e. The van der Waals surface area contributed by atoms with Crippen molar-refractivity contribution in [3.05, 3.63) is 89.7 Å². The number of benzene rings is 2. The van der Waals surface area contributed by atoms with Crippen LogP contribution in [0.3, 0.4) is 0 Å².